The molecule has 1 aliphatic rings. The summed E-state index contributed by atoms with van der Waals surface area (Å²) in [5, 5.41) is 2.75. The first-order valence-corrected chi connectivity index (χ1v) is 7.83. The highest BCUT2D eigenvalue weighted by atomic mass is 16.6. The molecule has 2 aromatic carbocycles. The summed E-state index contributed by atoms with van der Waals surface area (Å²) in [5.74, 6) is 1.32. The summed E-state index contributed by atoms with van der Waals surface area (Å²) in [7, 11) is 0. The Bertz CT molecular complexity index is 787. The van der Waals surface area contributed by atoms with Crippen LogP contribution >= 0.6 is 0 Å². The van der Waals surface area contributed by atoms with Crippen LogP contribution in [0.1, 0.15) is 5.89 Å². The number of nitrogens with zero attached hydrogens (tertiary/aromatic N) is 1. The number of nitrogens with one attached hydrogen (secondary N) is 1. The molecule has 1 aromatic heterocycles. The normalized spacial score (nSPS) is 16.7. The van der Waals surface area contributed by atoms with Crippen LogP contribution in [-0.2, 0) is 11.2 Å². The van der Waals surface area contributed by atoms with Crippen LogP contribution in [0.3, 0.4) is 0 Å². The average molecular weight is 320 g/mol. The Labute approximate surface area is 139 Å². The maximum absolute atomic E-state index is 11.2. The van der Waals surface area contributed by atoms with E-state index in [1.165, 1.54) is 0 Å². The highest BCUT2D eigenvalue weighted by Crippen LogP contribution is 2.32. The topological polar surface area (TPSA) is 64.4 Å². The predicted molar refractivity (Wildman–Crippen MR) is 89.4 cm³/mol. The molecule has 5 heteroatoms. The molecule has 1 aliphatic heterocycles. The van der Waals surface area contributed by atoms with Gasteiger partial charge in [0.15, 0.2) is 11.7 Å². The van der Waals surface area contributed by atoms with E-state index >= 15 is 0 Å². The molecule has 120 valence electrons. The summed E-state index contributed by atoms with van der Waals surface area (Å²) in [6.45, 7) is 0.336. The van der Waals surface area contributed by atoms with Crippen LogP contribution in [0.2, 0.25) is 0 Å². The van der Waals surface area contributed by atoms with Crippen molar-refractivity contribution >= 4 is 6.09 Å². The van der Waals surface area contributed by atoms with Gasteiger partial charge in [0.2, 0.25) is 0 Å². The number of hydrogen-bond acceptors (Lipinski definition) is 4. The van der Waals surface area contributed by atoms with Gasteiger partial charge in [-0.3, -0.25) is 0 Å². The molecule has 2 heterocycles. The summed E-state index contributed by atoms with van der Waals surface area (Å²) in [6.07, 6.45) is 0.108. The van der Waals surface area contributed by atoms with Gasteiger partial charge in [0.05, 0.1) is 6.04 Å². The minimum atomic E-state index is -0.391. The van der Waals surface area contributed by atoms with Crippen molar-refractivity contribution in [2.75, 3.05) is 6.61 Å². The lowest BCUT2D eigenvalue weighted by Crippen LogP contribution is -2.28. The first-order valence-electron chi connectivity index (χ1n) is 7.83. The number of aromatic nitrogens is 1. The minimum Gasteiger partial charge on any atom is -0.447 e. The average Bonchev–Trinajstić information content (AvgIpc) is 3.23. The number of amides is 1. The molecule has 0 saturated carbocycles. The Hall–Kier alpha value is -3.08. The second-order valence-corrected chi connectivity index (χ2v) is 5.66. The molecule has 0 spiro atoms. The molecule has 1 N–H and O–H groups in total. The zero-order valence-electron chi connectivity index (χ0n) is 12.9. The first kappa shape index (κ1) is 14.5. The highest BCUT2D eigenvalue weighted by molar-refractivity contribution is 5.76. The van der Waals surface area contributed by atoms with E-state index in [9.17, 15) is 4.79 Å². The molecule has 0 unspecified atom stereocenters. The van der Waals surface area contributed by atoms with Crippen LogP contribution in [0.25, 0.3) is 22.6 Å². The van der Waals surface area contributed by atoms with Gasteiger partial charge in [-0.1, -0.05) is 60.7 Å². The summed E-state index contributed by atoms with van der Waals surface area (Å²) in [5.41, 5.74) is 2.78. The van der Waals surface area contributed by atoms with Crippen molar-refractivity contribution in [2.24, 2.45) is 0 Å². The zero-order chi connectivity index (χ0) is 16.4. The van der Waals surface area contributed by atoms with Gasteiger partial charge in [0.1, 0.15) is 12.3 Å². The fraction of sp³-hybridized carbons (Fsp3) is 0.158. The third-order valence-electron chi connectivity index (χ3n) is 3.91. The van der Waals surface area contributed by atoms with E-state index in [1.807, 2.05) is 60.7 Å². The summed E-state index contributed by atoms with van der Waals surface area (Å²) < 4.78 is 11.0. The second kappa shape index (κ2) is 6.20. The van der Waals surface area contributed by atoms with Gasteiger partial charge in [-0.25, -0.2) is 9.78 Å². The van der Waals surface area contributed by atoms with E-state index in [2.05, 4.69) is 10.3 Å². The summed E-state index contributed by atoms with van der Waals surface area (Å²) >= 11 is 0. The van der Waals surface area contributed by atoms with Crippen molar-refractivity contribution in [3.63, 3.8) is 0 Å². The quantitative estimate of drug-likeness (QED) is 0.797. The molecule has 1 atom stereocenters. The van der Waals surface area contributed by atoms with Gasteiger partial charge in [-0.05, 0) is 0 Å². The Kier molecular flexibility index (Phi) is 3.75. The number of hydrogen-bond donors (Lipinski definition) is 1. The van der Waals surface area contributed by atoms with Crippen molar-refractivity contribution in [2.45, 2.75) is 12.5 Å². The third kappa shape index (κ3) is 2.88. The molecular formula is C19H16N2O3. The zero-order valence-corrected chi connectivity index (χ0v) is 12.9. The first-order chi connectivity index (χ1) is 11.8. The standard InChI is InChI=1S/C19H16N2O3/c22-19-20-15(12-23-19)11-16-21-17(13-7-3-1-4-8-13)18(24-16)14-9-5-2-6-10-14/h1-10,15H,11-12H2,(H,20,22)/t15-/m1/s1. The lowest BCUT2D eigenvalue weighted by Gasteiger charge is -2.02. The molecule has 3 aromatic rings. The fourth-order valence-corrected chi connectivity index (χ4v) is 2.78. The largest absolute Gasteiger partial charge is 0.447 e. The highest BCUT2D eigenvalue weighted by Gasteiger charge is 2.25. The SMILES string of the molecule is O=C1N[C@H](Cc2nc(-c3ccccc3)c(-c3ccccc3)o2)CO1. The minimum absolute atomic E-state index is 0.108. The predicted octanol–water partition coefficient (Wildman–Crippen LogP) is 3.66. The number of rotatable bonds is 4. The van der Waals surface area contributed by atoms with E-state index in [-0.39, 0.29) is 6.04 Å². The molecule has 4 rings (SSSR count). The van der Waals surface area contributed by atoms with Crippen molar-refractivity contribution in [1.82, 2.24) is 10.3 Å². The van der Waals surface area contributed by atoms with Crippen LogP contribution in [0, 0.1) is 0 Å². The lowest BCUT2D eigenvalue weighted by atomic mass is 10.1. The maximum atomic E-state index is 11.2. The number of cyclic esters (lactones) is 1. The van der Waals surface area contributed by atoms with Crippen LogP contribution in [0.15, 0.2) is 65.1 Å². The molecule has 5 nitrogen and oxygen atoms in total. The van der Waals surface area contributed by atoms with E-state index < -0.39 is 6.09 Å². The number of alkyl carbamates (subject to hydrolysis) is 1. The molecule has 0 aliphatic carbocycles. The van der Waals surface area contributed by atoms with Crippen molar-refractivity contribution in [3.05, 3.63) is 66.6 Å². The Morgan fingerprint density at radius 3 is 2.29 bits per heavy atom. The van der Waals surface area contributed by atoms with E-state index in [0.717, 1.165) is 22.6 Å². The van der Waals surface area contributed by atoms with Crippen LogP contribution in [0.5, 0.6) is 0 Å². The lowest BCUT2D eigenvalue weighted by molar-refractivity contribution is 0.176. The van der Waals surface area contributed by atoms with Gasteiger partial charge in [-0.15, -0.1) is 0 Å². The third-order valence-corrected chi connectivity index (χ3v) is 3.91. The van der Waals surface area contributed by atoms with Gasteiger partial charge in [-0.2, -0.15) is 0 Å². The monoisotopic (exact) mass is 320 g/mol. The van der Waals surface area contributed by atoms with Crippen LogP contribution < -0.4 is 5.32 Å². The van der Waals surface area contributed by atoms with Crippen molar-refractivity contribution in [1.29, 1.82) is 0 Å². The molecular weight excluding hydrogens is 304 g/mol. The Morgan fingerprint density at radius 2 is 1.67 bits per heavy atom. The summed E-state index contributed by atoms with van der Waals surface area (Å²) in [6, 6.07) is 19.7. The van der Waals surface area contributed by atoms with Crippen LogP contribution in [0.4, 0.5) is 4.79 Å². The molecule has 1 amide bonds. The van der Waals surface area contributed by atoms with E-state index in [4.69, 9.17) is 9.15 Å². The van der Waals surface area contributed by atoms with Gasteiger partial charge >= 0.3 is 6.09 Å². The Balaban J connectivity index is 1.72. The number of carbonyl (C=O) groups is 1. The smallest absolute Gasteiger partial charge is 0.407 e. The summed E-state index contributed by atoms with van der Waals surface area (Å²) in [4.78, 5) is 15.8. The molecule has 24 heavy (non-hydrogen) atoms. The Morgan fingerprint density at radius 1 is 1.00 bits per heavy atom. The number of benzene rings is 2. The number of ether oxygens (including phenoxy) is 1. The molecule has 1 fully saturated rings. The molecule has 0 bridgehead atoms. The second-order valence-electron chi connectivity index (χ2n) is 5.66. The fourth-order valence-electron chi connectivity index (χ4n) is 2.78. The number of carbonyl (C=O) groups excluding carboxylic acids is 1. The van der Waals surface area contributed by atoms with Gasteiger partial charge in [0.25, 0.3) is 0 Å². The van der Waals surface area contributed by atoms with E-state index in [0.29, 0.717) is 18.9 Å². The number of oxazole rings is 1. The van der Waals surface area contributed by atoms with Crippen molar-refractivity contribution in [3.8, 4) is 22.6 Å². The van der Waals surface area contributed by atoms with E-state index in [1.54, 1.807) is 0 Å². The molecule has 0 radical (unpaired) electrons. The van der Waals surface area contributed by atoms with Crippen LogP contribution in [-0.4, -0.2) is 23.7 Å². The van der Waals surface area contributed by atoms with Gasteiger partial charge in [0, 0.05) is 17.5 Å². The van der Waals surface area contributed by atoms with Crippen molar-refractivity contribution < 1.29 is 13.9 Å². The molecule has 1 saturated heterocycles. The van der Waals surface area contributed by atoms with Gasteiger partial charge < -0.3 is 14.5 Å². The maximum Gasteiger partial charge on any atom is 0.407 e.